The van der Waals surface area contributed by atoms with E-state index >= 15 is 0 Å². The highest BCUT2D eigenvalue weighted by molar-refractivity contribution is 6.03. The summed E-state index contributed by atoms with van der Waals surface area (Å²) in [5, 5.41) is 5.80. The molecule has 1 heterocycles. The van der Waals surface area contributed by atoms with E-state index in [2.05, 4.69) is 20.6 Å². The first-order valence-electron chi connectivity index (χ1n) is 8.43. The van der Waals surface area contributed by atoms with Gasteiger partial charge in [-0.05, 0) is 29.8 Å². The van der Waals surface area contributed by atoms with Crippen molar-refractivity contribution in [2.45, 2.75) is 6.54 Å². The summed E-state index contributed by atoms with van der Waals surface area (Å²) in [7, 11) is 3.05. The molecule has 0 saturated carbocycles. The summed E-state index contributed by atoms with van der Waals surface area (Å²) in [5.74, 6) is 0.873. The highest BCUT2D eigenvalue weighted by Crippen LogP contribution is 2.29. The van der Waals surface area contributed by atoms with Crippen LogP contribution in [0.3, 0.4) is 0 Å². The number of hydrogen-bond acceptors (Lipinski definition) is 6. The number of methoxy groups -OCH3 is 2. The Hall–Kier alpha value is -3.68. The number of halogens is 1. The third-order valence-corrected chi connectivity index (χ3v) is 3.93. The van der Waals surface area contributed by atoms with Gasteiger partial charge in [-0.15, -0.1) is 0 Å². The Morgan fingerprint density at radius 2 is 1.82 bits per heavy atom. The van der Waals surface area contributed by atoms with Crippen molar-refractivity contribution in [3.8, 4) is 11.5 Å². The van der Waals surface area contributed by atoms with Crippen molar-refractivity contribution in [2.24, 2.45) is 0 Å². The van der Waals surface area contributed by atoms with E-state index in [4.69, 9.17) is 9.47 Å². The molecule has 0 aliphatic heterocycles. The molecule has 0 saturated heterocycles. The molecular formula is C20H19FN4O3. The average Bonchev–Trinajstić information content (AvgIpc) is 2.73. The maximum absolute atomic E-state index is 12.9. The Kier molecular flexibility index (Phi) is 6.01. The van der Waals surface area contributed by atoms with Gasteiger partial charge in [0.15, 0.2) is 0 Å². The van der Waals surface area contributed by atoms with Gasteiger partial charge in [0.2, 0.25) is 0 Å². The third-order valence-electron chi connectivity index (χ3n) is 3.93. The van der Waals surface area contributed by atoms with Gasteiger partial charge >= 0.3 is 0 Å². The lowest BCUT2D eigenvalue weighted by atomic mass is 10.2. The predicted molar refractivity (Wildman–Crippen MR) is 103 cm³/mol. The third kappa shape index (κ3) is 4.73. The van der Waals surface area contributed by atoms with Crippen LogP contribution in [0.4, 0.5) is 15.9 Å². The number of carbonyl (C=O) groups excluding carboxylic acids is 1. The van der Waals surface area contributed by atoms with Crippen molar-refractivity contribution in [3.63, 3.8) is 0 Å². The number of benzene rings is 2. The molecule has 28 heavy (non-hydrogen) atoms. The van der Waals surface area contributed by atoms with Crippen LogP contribution in [0.25, 0.3) is 0 Å². The molecule has 0 bridgehead atoms. The average molecular weight is 382 g/mol. The number of rotatable bonds is 7. The summed E-state index contributed by atoms with van der Waals surface area (Å²) in [4.78, 5) is 20.8. The van der Waals surface area contributed by atoms with E-state index in [1.807, 2.05) is 0 Å². The smallest absolute Gasteiger partial charge is 0.275 e. The number of hydrogen-bond donors (Lipinski definition) is 2. The fourth-order valence-electron chi connectivity index (χ4n) is 2.43. The lowest BCUT2D eigenvalue weighted by Gasteiger charge is -2.11. The number of amides is 1. The second-order valence-corrected chi connectivity index (χ2v) is 5.79. The topological polar surface area (TPSA) is 85.4 Å². The Bertz CT molecular complexity index is 947. The van der Waals surface area contributed by atoms with Gasteiger partial charge in [-0.3, -0.25) is 4.79 Å². The summed E-state index contributed by atoms with van der Waals surface area (Å²) >= 11 is 0. The molecule has 0 fully saturated rings. The Morgan fingerprint density at radius 1 is 1.04 bits per heavy atom. The first-order chi connectivity index (χ1) is 13.6. The van der Waals surface area contributed by atoms with Crippen molar-refractivity contribution in [1.29, 1.82) is 0 Å². The quantitative estimate of drug-likeness (QED) is 0.651. The molecule has 3 rings (SSSR count). The van der Waals surface area contributed by atoms with Crippen LogP contribution in [0.2, 0.25) is 0 Å². The minimum atomic E-state index is -0.427. The Morgan fingerprint density at radius 3 is 2.46 bits per heavy atom. The van der Waals surface area contributed by atoms with E-state index in [1.165, 1.54) is 38.7 Å². The molecule has 1 amide bonds. The van der Waals surface area contributed by atoms with Crippen LogP contribution in [-0.4, -0.2) is 30.1 Å². The molecule has 0 spiro atoms. The van der Waals surface area contributed by atoms with Crippen LogP contribution >= 0.6 is 0 Å². The van der Waals surface area contributed by atoms with Gasteiger partial charge in [0.25, 0.3) is 5.91 Å². The first kappa shape index (κ1) is 19.1. The largest absolute Gasteiger partial charge is 0.497 e. The van der Waals surface area contributed by atoms with Crippen molar-refractivity contribution >= 4 is 17.4 Å². The number of anilines is 2. The van der Waals surface area contributed by atoms with E-state index in [0.717, 1.165) is 5.56 Å². The van der Waals surface area contributed by atoms with E-state index < -0.39 is 5.91 Å². The van der Waals surface area contributed by atoms with Gasteiger partial charge in [0.05, 0.1) is 32.3 Å². The first-order valence-corrected chi connectivity index (χ1v) is 8.43. The van der Waals surface area contributed by atoms with E-state index in [0.29, 0.717) is 29.5 Å². The second kappa shape index (κ2) is 8.81. The van der Waals surface area contributed by atoms with Gasteiger partial charge in [-0.1, -0.05) is 12.1 Å². The van der Waals surface area contributed by atoms with E-state index in [-0.39, 0.29) is 11.5 Å². The van der Waals surface area contributed by atoms with Gasteiger partial charge in [0, 0.05) is 12.6 Å². The summed E-state index contributed by atoms with van der Waals surface area (Å²) in [6, 6.07) is 11.2. The zero-order valence-corrected chi connectivity index (χ0v) is 15.4. The number of ether oxygens (including phenoxy) is 2. The monoisotopic (exact) mass is 382 g/mol. The molecule has 0 aliphatic carbocycles. The number of aromatic nitrogens is 2. The van der Waals surface area contributed by atoms with Gasteiger partial charge in [0.1, 0.15) is 28.8 Å². The molecule has 0 unspecified atom stereocenters. The van der Waals surface area contributed by atoms with Gasteiger partial charge < -0.3 is 20.1 Å². The summed E-state index contributed by atoms with van der Waals surface area (Å²) < 4.78 is 23.3. The fraction of sp³-hybridized carbons (Fsp3) is 0.150. The highest BCUT2D eigenvalue weighted by Gasteiger charge is 2.12. The zero-order valence-electron chi connectivity index (χ0n) is 15.4. The minimum Gasteiger partial charge on any atom is -0.497 e. The van der Waals surface area contributed by atoms with Crippen molar-refractivity contribution in [1.82, 2.24) is 9.97 Å². The van der Waals surface area contributed by atoms with Gasteiger partial charge in [-0.25, -0.2) is 14.4 Å². The molecule has 2 aromatic carbocycles. The predicted octanol–water partition coefficient (Wildman–Crippen LogP) is 3.50. The van der Waals surface area contributed by atoms with E-state index in [9.17, 15) is 9.18 Å². The summed E-state index contributed by atoms with van der Waals surface area (Å²) in [6.45, 7) is 0.460. The molecule has 3 aromatic rings. The van der Waals surface area contributed by atoms with Crippen LogP contribution in [0.5, 0.6) is 11.5 Å². The maximum Gasteiger partial charge on any atom is 0.275 e. The number of nitrogens with one attached hydrogen (secondary N) is 2. The molecule has 144 valence electrons. The summed E-state index contributed by atoms with van der Waals surface area (Å²) in [6.07, 6.45) is 2.83. The molecule has 0 atom stereocenters. The van der Waals surface area contributed by atoms with Crippen LogP contribution in [0.15, 0.2) is 54.9 Å². The Balaban J connectivity index is 1.64. The number of carbonyl (C=O) groups is 1. The van der Waals surface area contributed by atoms with Crippen LogP contribution in [-0.2, 0) is 6.54 Å². The fourth-order valence-corrected chi connectivity index (χ4v) is 2.43. The highest BCUT2D eigenvalue weighted by atomic mass is 19.1. The molecule has 7 nitrogen and oxygen atoms in total. The molecule has 0 radical (unpaired) electrons. The molecule has 1 aromatic heterocycles. The molecule has 8 heteroatoms. The maximum atomic E-state index is 12.9. The van der Waals surface area contributed by atoms with Crippen molar-refractivity contribution in [3.05, 3.63) is 71.9 Å². The molecule has 0 aliphatic rings. The number of nitrogens with zero attached hydrogens (tertiary/aromatic N) is 2. The SMILES string of the molecule is COc1ccc(OC)c(NC(=O)c2cnc(NCc3ccc(F)cc3)cn2)c1. The Labute approximate surface area is 161 Å². The normalized spacial score (nSPS) is 10.2. The van der Waals surface area contributed by atoms with E-state index in [1.54, 1.807) is 30.3 Å². The minimum absolute atomic E-state index is 0.150. The van der Waals surface area contributed by atoms with Crippen molar-refractivity contribution in [2.75, 3.05) is 24.9 Å². The molecule has 2 N–H and O–H groups in total. The standard InChI is InChI=1S/C20H19FN4O3/c1-27-15-7-8-18(28-2)16(9-15)25-20(26)17-11-24-19(12-22-17)23-10-13-3-5-14(21)6-4-13/h3-9,11-12H,10H2,1-2H3,(H,23,24)(H,25,26). The van der Waals surface area contributed by atoms with Crippen LogP contribution < -0.4 is 20.1 Å². The lowest BCUT2D eigenvalue weighted by molar-refractivity contribution is 0.102. The van der Waals surface area contributed by atoms with Gasteiger partial charge in [-0.2, -0.15) is 0 Å². The molecular weight excluding hydrogens is 363 g/mol. The van der Waals surface area contributed by atoms with Crippen molar-refractivity contribution < 1.29 is 18.7 Å². The van der Waals surface area contributed by atoms with Crippen LogP contribution in [0.1, 0.15) is 16.1 Å². The zero-order chi connectivity index (χ0) is 19.9. The summed E-state index contributed by atoms with van der Waals surface area (Å²) in [5.41, 5.74) is 1.51. The lowest BCUT2D eigenvalue weighted by Crippen LogP contribution is -2.15. The van der Waals surface area contributed by atoms with Crippen LogP contribution in [0, 0.1) is 5.82 Å². The second-order valence-electron chi connectivity index (χ2n) is 5.79.